The Bertz CT molecular complexity index is 360. The third-order valence-electron chi connectivity index (χ3n) is 4.29. The second-order valence-corrected chi connectivity index (χ2v) is 5.82. The number of amides is 2. The summed E-state index contributed by atoms with van der Waals surface area (Å²) in [7, 11) is 1.63. The number of hydrogen-bond donors (Lipinski definition) is 1. The van der Waals surface area contributed by atoms with Crippen molar-refractivity contribution in [2.24, 2.45) is 0 Å². The molecule has 0 radical (unpaired) electrons. The van der Waals surface area contributed by atoms with Gasteiger partial charge in [-0.1, -0.05) is 12.8 Å². The molecule has 2 heterocycles. The standard InChI is InChI=1S/C15H27N3O3.ClH/c1-21-11-10-18-9-6-16-13(15(18)20)12-14(19)17-7-4-2-3-5-8-17;/h13,16H,2-12H2,1H3;1H. The monoisotopic (exact) mass is 333 g/mol. The van der Waals surface area contributed by atoms with Crippen molar-refractivity contribution >= 4 is 24.2 Å². The van der Waals surface area contributed by atoms with Crippen molar-refractivity contribution in [2.45, 2.75) is 38.1 Å². The third kappa shape index (κ3) is 5.41. The molecule has 1 atom stereocenters. The number of likely N-dealkylation sites (tertiary alicyclic amines) is 1. The fourth-order valence-electron chi connectivity index (χ4n) is 3.00. The van der Waals surface area contributed by atoms with Gasteiger partial charge in [0.1, 0.15) is 0 Å². The van der Waals surface area contributed by atoms with E-state index in [4.69, 9.17) is 4.74 Å². The first-order valence-electron chi connectivity index (χ1n) is 8.01. The summed E-state index contributed by atoms with van der Waals surface area (Å²) in [6.07, 6.45) is 4.85. The molecule has 7 heteroatoms. The van der Waals surface area contributed by atoms with Crippen LogP contribution in [0, 0.1) is 0 Å². The highest BCUT2D eigenvalue weighted by molar-refractivity contribution is 5.89. The van der Waals surface area contributed by atoms with E-state index in [9.17, 15) is 9.59 Å². The fraction of sp³-hybridized carbons (Fsp3) is 0.867. The molecule has 0 spiro atoms. The highest BCUT2D eigenvalue weighted by Crippen LogP contribution is 2.13. The minimum atomic E-state index is -0.369. The molecule has 0 aromatic rings. The Labute approximate surface area is 138 Å². The molecule has 1 N–H and O–H groups in total. The summed E-state index contributed by atoms with van der Waals surface area (Å²) < 4.78 is 5.03. The smallest absolute Gasteiger partial charge is 0.240 e. The van der Waals surface area contributed by atoms with Gasteiger partial charge in [0, 0.05) is 39.8 Å². The highest BCUT2D eigenvalue weighted by atomic mass is 35.5. The first kappa shape index (κ1) is 19.2. The Balaban J connectivity index is 0.00000242. The first-order valence-corrected chi connectivity index (χ1v) is 8.01. The molecule has 6 nitrogen and oxygen atoms in total. The largest absolute Gasteiger partial charge is 0.383 e. The summed E-state index contributed by atoms with van der Waals surface area (Å²) in [5.41, 5.74) is 0. The van der Waals surface area contributed by atoms with Gasteiger partial charge in [-0.25, -0.2) is 0 Å². The van der Waals surface area contributed by atoms with Gasteiger partial charge >= 0.3 is 0 Å². The molecule has 22 heavy (non-hydrogen) atoms. The lowest BCUT2D eigenvalue weighted by Gasteiger charge is -2.33. The van der Waals surface area contributed by atoms with Gasteiger partial charge < -0.3 is 19.9 Å². The van der Waals surface area contributed by atoms with Crippen LogP contribution in [0.25, 0.3) is 0 Å². The fourth-order valence-corrected chi connectivity index (χ4v) is 3.00. The van der Waals surface area contributed by atoms with E-state index >= 15 is 0 Å². The van der Waals surface area contributed by atoms with E-state index in [2.05, 4.69) is 5.32 Å². The van der Waals surface area contributed by atoms with Crippen LogP contribution in [0.4, 0.5) is 0 Å². The summed E-state index contributed by atoms with van der Waals surface area (Å²) >= 11 is 0. The van der Waals surface area contributed by atoms with E-state index in [-0.39, 0.29) is 36.7 Å². The van der Waals surface area contributed by atoms with E-state index in [0.717, 1.165) is 32.5 Å². The molecule has 0 bridgehead atoms. The number of piperazine rings is 1. The Hall–Kier alpha value is -0.850. The third-order valence-corrected chi connectivity index (χ3v) is 4.29. The lowest BCUT2D eigenvalue weighted by Crippen LogP contribution is -2.57. The van der Waals surface area contributed by atoms with Gasteiger partial charge in [-0.2, -0.15) is 0 Å². The first-order chi connectivity index (χ1) is 10.2. The number of rotatable bonds is 5. The average molecular weight is 334 g/mol. The zero-order valence-corrected chi connectivity index (χ0v) is 14.2. The number of nitrogens with zero attached hydrogens (tertiary/aromatic N) is 2. The van der Waals surface area contributed by atoms with Crippen LogP contribution in [0.15, 0.2) is 0 Å². The van der Waals surface area contributed by atoms with Crippen molar-refractivity contribution in [3.8, 4) is 0 Å². The van der Waals surface area contributed by atoms with Gasteiger partial charge in [0.15, 0.2) is 0 Å². The number of hydrogen-bond acceptors (Lipinski definition) is 4. The number of ether oxygens (including phenoxy) is 1. The zero-order chi connectivity index (χ0) is 15.1. The SMILES string of the molecule is COCCN1CCNC(CC(=O)N2CCCCCC2)C1=O.Cl. The van der Waals surface area contributed by atoms with Crippen molar-refractivity contribution < 1.29 is 14.3 Å². The molecule has 2 rings (SSSR count). The van der Waals surface area contributed by atoms with Crippen LogP contribution < -0.4 is 5.32 Å². The van der Waals surface area contributed by atoms with Gasteiger partial charge in [0.2, 0.25) is 11.8 Å². The molecule has 2 amide bonds. The predicted octanol–water partition coefficient (Wildman–Crippen LogP) is 0.648. The summed E-state index contributed by atoms with van der Waals surface area (Å²) in [5.74, 6) is 0.137. The topological polar surface area (TPSA) is 61.9 Å². The second kappa shape index (κ2) is 10.0. The van der Waals surface area contributed by atoms with Crippen molar-refractivity contribution in [2.75, 3.05) is 46.4 Å². The minimum absolute atomic E-state index is 0. The molecule has 0 saturated carbocycles. The van der Waals surface area contributed by atoms with Gasteiger partial charge in [-0.3, -0.25) is 9.59 Å². The summed E-state index contributed by atoms with van der Waals surface area (Å²) in [6.45, 7) is 4.26. The van der Waals surface area contributed by atoms with Gasteiger partial charge in [-0.05, 0) is 12.8 Å². The lowest BCUT2D eigenvalue weighted by molar-refractivity contribution is -0.141. The van der Waals surface area contributed by atoms with Crippen molar-refractivity contribution in [1.82, 2.24) is 15.1 Å². The minimum Gasteiger partial charge on any atom is -0.383 e. The van der Waals surface area contributed by atoms with E-state index in [1.54, 1.807) is 12.0 Å². The highest BCUT2D eigenvalue weighted by Gasteiger charge is 2.31. The predicted molar refractivity (Wildman–Crippen MR) is 87.2 cm³/mol. The van der Waals surface area contributed by atoms with Crippen LogP contribution in [0.5, 0.6) is 0 Å². The van der Waals surface area contributed by atoms with E-state index in [1.807, 2.05) is 4.90 Å². The Morgan fingerprint density at radius 2 is 1.91 bits per heavy atom. The average Bonchev–Trinajstić information content (AvgIpc) is 2.77. The number of carbonyl (C=O) groups is 2. The van der Waals surface area contributed by atoms with Crippen LogP contribution in [0.3, 0.4) is 0 Å². The van der Waals surface area contributed by atoms with E-state index < -0.39 is 0 Å². The van der Waals surface area contributed by atoms with Crippen LogP contribution in [-0.4, -0.2) is 74.1 Å². The molecular weight excluding hydrogens is 306 g/mol. The molecule has 2 saturated heterocycles. The van der Waals surface area contributed by atoms with Crippen LogP contribution in [0.1, 0.15) is 32.1 Å². The number of halogens is 1. The Morgan fingerprint density at radius 1 is 1.23 bits per heavy atom. The van der Waals surface area contributed by atoms with Crippen LogP contribution >= 0.6 is 12.4 Å². The van der Waals surface area contributed by atoms with E-state index in [0.29, 0.717) is 19.7 Å². The maximum Gasteiger partial charge on any atom is 0.240 e. The van der Waals surface area contributed by atoms with Crippen molar-refractivity contribution in [3.63, 3.8) is 0 Å². The molecule has 0 aromatic carbocycles. The van der Waals surface area contributed by atoms with Crippen molar-refractivity contribution in [3.05, 3.63) is 0 Å². The molecule has 2 aliphatic heterocycles. The number of methoxy groups -OCH3 is 1. The lowest BCUT2D eigenvalue weighted by atomic mass is 10.1. The summed E-state index contributed by atoms with van der Waals surface area (Å²) in [5, 5.41) is 3.18. The second-order valence-electron chi connectivity index (χ2n) is 5.82. The number of carbonyl (C=O) groups excluding carboxylic acids is 2. The van der Waals surface area contributed by atoms with Crippen LogP contribution in [0.2, 0.25) is 0 Å². The quantitative estimate of drug-likeness (QED) is 0.802. The molecule has 128 valence electrons. The molecule has 1 unspecified atom stereocenters. The Kier molecular flexibility index (Phi) is 8.75. The zero-order valence-electron chi connectivity index (χ0n) is 13.4. The maximum absolute atomic E-state index is 12.4. The van der Waals surface area contributed by atoms with Gasteiger partial charge in [0.25, 0.3) is 0 Å². The molecule has 2 aliphatic rings. The van der Waals surface area contributed by atoms with Crippen LogP contribution in [-0.2, 0) is 14.3 Å². The molecule has 0 aliphatic carbocycles. The Morgan fingerprint density at radius 3 is 2.55 bits per heavy atom. The maximum atomic E-state index is 12.4. The summed E-state index contributed by atoms with van der Waals surface area (Å²) in [6, 6.07) is -0.369. The van der Waals surface area contributed by atoms with E-state index in [1.165, 1.54) is 12.8 Å². The van der Waals surface area contributed by atoms with Crippen molar-refractivity contribution in [1.29, 1.82) is 0 Å². The molecule has 0 aromatic heterocycles. The normalized spacial score (nSPS) is 23.0. The van der Waals surface area contributed by atoms with Gasteiger partial charge in [-0.15, -0.1) is 12.4 Å². The molecular formula is C15H28ClN3O3. The number of nitrogens with one attached hydrogen (secondary N) is 1. The summed E-state index contributed by atoms with van der Waals surface area (Å²) in [4.78, 5) is 28.4. The van der Waals surface area contributed by atoms with Gasteiger partial charge in [0.05, 0.1) is 19.1 Å². The molecule has 2 fully saturated rings.